The number of terminal acetylenes is 1. The predicted molar refractivity (Wildman–Crippen MR) is 86.7 cm³/mol. The molecule has 0 unspecified atom stereocenters. The Morgan fingerprint density at radius 1 is 1.62 bits per heavy atom. The highest BCUT2D eigenvalue weighted by Gasteiger charge is 2.23. The van der Waals surface area contributed by atoms with Crippen molar-refractivity contribution in [3.8, 4) is 12.3 Å². The van der Waals surface area contributed by atoms with Crippen molar-refractivity contribution in [1.82, 2.24) is 15.3 Å². The molecular weight excluding hydrogens is 282 g/mol. The van der Waals surface area contributed by atoms with Gasteiger partial charge in [-0.1, -0.05) is 12.8 Å². The fourth-order valence-electron chi connectivity index (χ4n) is 2.88. The Kier molecular flexibility index (Phi) is 3.83. The second kappa shape index (κ2) is 5.63. The van der Waals surface area contributed by atoms with E-state index in [9.17, 15) is 4.79 Å². The molecule has 2 aromatic heterocycles. The topological polar surface area (TPSA) is 57.8 Å². The first-order chi connectivity index (χ1) is 10.1. The van der Waals surface area contributed by atoms with Gasteiger partial charge in [0.25, 0.3) is 5.56 Å². The van der Waals surface area contributed by atoms with Crippen molar-refractivity contribution >= 4 is 21.6 Å². The summed E-state index contributed by atoms with van der Waals surface area (Å²) in [5, 5.41) is 3.95. The lowest BCUT2D eigenvalue weighted by Gasteiger charge is -2.17. The van der Waals surface area contributed by atoms with E-state index in [2.05, 4.69) is 28.1 Å². The SMILES string of the molecule is C#CCN[C@H](C)c1nc2sc3c(c2c(=O)[nH]1)CC[C@H](C)C3. The number of nitrogens with one attached hydrogen (secondary N) is 2. The Labute approximate surface area is 128 Å². The maximum absolute atomic E-state index is 12.4. The molecule has 0 spiro atoms. The first-order valence-electron chi connectivity index (χ1n) is 7.31. The minimum absolute atomic E-state index is 0.0172. The molecule has 0 bridgehead atoms. The molecule has 1 aliphatic rings. The Morgan fingerprint density at radius 2 is 2.43 bits per heavy atom. The van der Waals surface area contributed by atoms with Gasteiger partial charge in [-0.15, -0.1) is 17.8 Å². The third kappa shape index (κ3) is 2.61. The van der Waals surface area contributed by atoms with Crippen molar-refractivity contribution in [2.75, 3.05) is 6.54 Å². The highest BCUT2D eigenvalue weighted by molar-refractivity contribution is 7.18. The molecule has 0 saturated heterocycles. The van der Waals surface area contributed by atoms with Gasteiger partial charge in [0.05, 0.1) is 18.0 Å². The van der Waals surface area contributed by atoms with Gasteiger partial charge in [-0.25, -0.2) is 4.98 Å². The van der Waals surface area contributed by atoms with Gasteiger partial charge >= 0.3 is 0 Å². The molecular formula is C16H19N3OS. The van der Waals surface area contributed by atoms with Crippen LogP contribution in [0, 0.1) is 18.3 Å². The monoisotopic (exact) mass is 301 g/mol. The molecule has 3 rings (SSSR count). The van der Waals surface area contributed by atoms with Gasteiger partial charge in [0.1, 0.15) is 10.7 Å². The molecule has 0 aliphatic heterocycles. The number of aromatic amines is 1. The number of aromatic nitrogens is 2. The average Bonchev–Trinajstić information content (AvgIpc) is 2.82. The van der Waals surface area contributed by atoms with Gasteiger partial charge in [-0.05, 0) is 37.7 Å². The molecule has 0 fully saturated rings. The highest BCUT2D eigenvalue weighted by Crippen LogP contribution is 2.35. The van der Waals surface area contributed by atoms with Crippen LogP contribution in [0.4, 0.5) is 0 Å². The molecule has 2 N–H and O–H groups in total. The Balaban J connectivity index is 2.05. The number of hydrogen-bond acceptors (Lipinski definition) is 4. The number of H-pyrrole nitrogens is 1. The molecule has 0 aromatic carbocycles. The lowest BCUT2D eigenvalue weighted by molar-refractivity contribution is 0.509. The molecule has 2 atom stereocenters. The number of fused-ring (bicyclic) bond motifs is 3. The van der Waals surface area contributed by atoms with Crippen molar-refractivity contribution in [2.45, 2.75) is 39.2 Å². The zero-order valence-corrected chi connectivity index (χ0v) is 13.1. The third-order valence-electron chi connectivity index (χ3n) is 4.10. The van der Waals surface area contributed by atoms with Crippen molar-refractivity contribution in [2.24, 2.45) is 5.92 Å². The van der Waals surface area contributed by atoms with Crippen molar-refractivity contribution in [3.05, 3.63) is 26.6 Å². The summed E-state index contributed by atoms with van der Waals surface area (Å²) in [6.07, 6.45) is 8.46. The number of nitrogens with zero attached hydrogens (tertiary/aromatic N) is 1. The van der Waals surface area contributed by atoms with E-state index in [1.165, 1.54) is 10.4 Å². The number of rotatable bonds is 3. The van der Waals surface area contributed by atoms with E-state index in [1.807, 2.05) is 6.92 Å². The molecule has 110 valence electrons. The Morgan fingerprint density at radius 3 is 3.19 bits per heavy atom. The lowest BCUT2D eigenvalue weighted by Crippen LogP contribution is -2.24. The first-order valence-corrected chi connectivity index (χ1v) is 8.13. The first kappa shape index (κ1) is 14.3. The van der Waals surface area contributed by atoms with Gasteiger partial charge in [-0.2, -0.15) is 0 Å². The van der Waals surface area contributed by atoms with E-state index in [0.29, 0.717) is 18.3 Å². The summed E-state index contributed by atoms with van der Waals surface area (Å²) in [5.41, 5.74) is 1.20. The normalized spacial score (nSPS) is 19.2. The summed E-state index contributed by atoms with van der Waals surface area (Å²) < 4.78 is 0. The highest BCUT2D eigenvalue weighted by atomic mass is 32.1. The van der Waals surface area contributed by atoms with Crippen molar-refractivity contribution in [3.63, 3.8) is 0 Å². The molecule has 2 heterocycles. The van der Waals surface area contributed by atoms with Crippen molar-refractivity contribution < 1.29 is 0 Å². The minimum Gasteiger partial charge on any atom is -0.309 e. The summed E-state index contributed by atoms with van der Waals surface area (Å²) >= 11 is 1.67. The summed E-state index contributed by atoms with van der Waals surface area (Å²) in [5.74, 6) is 3.89. The molecule has 0 amide bonds. The smallest absolute Gasteiger partial charge is 0.259 e. The van der Waals surface area contributed by atoms with Gasteiger partial charge in [0, 0.05) is 4.88 Å². The molecule has 2 aromatic rings. The van der Waals surface area contributed by atoms with Crippen LogP contribution < -0.4 is 10.9 Å². The van der Waals surface area contributed by atoms with Gasteiger partial charge in [0.15, 0.2) is 0 Å². The average molecular weight is 301 g/mol. The second-order valence-electron chi connectivity index (χ2n) is 5.79. The summed E-state index contributed by atoms with van der Waals surface area (Å²) in [6.45, 7) is 4.68. The lowest BCUT2D eigenvalue weighted by atomic mass is 9.89. The van der Waals surface area contributed by atoms with Crippen LogP contribution in [0.15, 0.2) is 4.79 Å². The molecule has 0 radical (unpaired) electrons. The van der Waals surface area contributed by atoms with E-state index >= 15 is 0 Å². The largest absolute Gasteiger partial charge is 0.309 e. The van der Waals surface area contributed by atoms with Crippen LogP contribution in [-0.4, -0.2) is 16.5 Å². The van der Waals surface area contributed by atoms with E-state index in [1.54, 1.807) is 11.3 Å². The van der Waals surface area contributed by atoms with E-state index in [-0.39, 0.29) is 11.6 Å². The van der Waals surface area contributed by atoms with Crippen LogP contribution >= 0.6 is 11.3 Å². The van der Waals surface area contributed by atoms with Crippen molar-refractivity contribution in [1.29, 1.82) is 0 Å². The van der Waals surface area contributed by atoms with Crippen LogP contribution in [0.5, 0.6) is 0 Å². The van der Waals surface area contributed by atoms with Crippen LogP contribution in [0.1, 0.15) is 42.6 Å². The number of hydrogen-bond donors (Lipinski definition) is 2. The molecule has 1 aliphatic carbocycles. The standard InChI is InChI=1S/C16H19N3OS/c1-4-7-17-10(3)14-18-15(20)13-11-6-5-9(2)8-12(11)21-16(13)19-14/h1,9-10,17H,5-8H2,2-3H3,(H,18,19,20)/t9-,10+/m0/s1. The summed E-state index contributed by atoms with van der Waals surface area (Å²) in [6, 6.07) is -0.0591. The van der Waals surface area contributed by atoms with Crippen LogP contribution in [0.2, 0.25) is 0 Å². The number of aryl methyl sites for hydroxylation is 1. The molecule has 21 heavy (non-hydrogen) atoms. The fourth-order valence-corrected chi connectivity index (χ4v) is 4.27. The minimum atomic E-state index is -0.0591. The van der Waals surface area contributed by atoms with E-state index < -0.39 is 0 Å². The third-order valence-corrected chi connectivity index (χ3v) is 5.25. The van der Waals surface area contributed by atoms with E-state index in [4.69, 9.17) is 6.42 Å². The fraction of sp³-hybridized carbons (Fsp3) is 0.500. The van der Waals surface area contributed by atoms with Gasteiger partial charge < -0.3 is 4.98 Å². The zero-order valence-electron chi connectivity index (χ0n) is 12.3. The molecule has 4 nitrogen and oxygen atoms in total. The van der Waals surface area contributed by atoms with Crippen LogP contribution in [0.3, 0.4) is 0 Å². The predicted octanol–water partition coefficient (Wildman–Crippen LogP) is 2.39. The quantitative estimate of drug-likeness (QED) is 0.856. The summed E-state index contributed by atoms with van der Waals surface area (Å²) in [7, 11) is 0. The summed E-state index contributed by atoms with van der Waals surface area (Å²) in [4.78, 5) is 22.2. The van der Waals surface area contributed by atoms with Gasteiger partial charge in [-0.3, -0.25) is 10.1 Å². The maximum atomic E-state index is 12.4. The zero-order chi connectivity index (χ0) is 15.0. The van der Waals surface area contributed by atoms with Crippen LogP contribution in [0.25, 0.3) is 10.2 Å². The Bertz CT molecular complexity index is 768. The van der Waals surface area contributed by atoms with Gasteiger partial charge in [0.2, 0.25) is 0 Å². The molecule has 5 heteroatoms. The molecule has 0 saturated carbocycles. The Hall–Kier alpha value is -1.64. The van der Waals surface area contributed by atoms with E-state index in [0.717, 1.165) is 29.5 Å². The van der Waals surface area contributed by atoms with Crippen LogP contribution in [-0.2, 0) is 12.8 Å². The maximum Gasteiger partial charge on any atom is 0.259 e. The number of thiophene rings is 1. The second-order valence-corrected chi connectivity index (χ2v) is 6.87.